The van der Waals surface area contributed by atoms with Gasteiger partial charge in [-0.1, -0.05) is 0 Å². The quantitative estimate of drug-likeness (QED) is 0.814. The zero-order valence-corrected chi connectivity index (χ0v) is 8.07. The van der Waals surface area contributed by atoms with Crippen LogP contribution in [0.2, 0.25) is 0 Å². The molecular weight excluding hydrogens is 199 g/mol. The summed E-state index contributed by atoms with van der Waals surface area (Å²) in [6.07, 6.45) is 0. The van der Waals surface area contributed by atoms with Gasteiger partial charge in [0.1, 0.15) is 12.4 Å². The molecule has 2 rings (SSSR count). The molecular formula is C10H9FN2O2. The number of carboxylic acids is 1. The molecule has 1 heterocycles. The number of aryl methyl sites for hydroxylation is 1. The van der Waals surface area contributed by atoms with Gasteiger partial charge in [-0.2, -0.15) is 5.10 Å². The third-order valence-corrected chi connectivity index (χ3v) is 2.18. The molecule has 0 radical (unpaired) electrons. The van der Waals surface area contributed by atoms with Crippen LogP contribution in [-0.2, 0) is 11.3 Å². The Balaban J connectivity index is 2.62. The number of halogens is 1. The minimum Gasteiger partial charge on any atom is -0.480 e. The van der Waals surface area contributed by atoms with Crippen LogP contribution in [0.3, 0.4) is 0 Å². The van der Waals surface area contributed by atoms with Crippen molar-refractivity contribution >= 4 is 16.9 Å². The van der Waals surface area contributed by atoms with Gasteiger partial charge in [-0.05, 0) is 25.1 Å². The first-order chi connectivity index (χ1) is 7.08. The molecule has 0 saturated heterocycles. The molecule has 0 aliphatic heterocycles. The average Bonchev–Trinajstić information content (AvgIpc) is 2.42. The number of benzene rings is 1. The SMILES string of the molecule is Cc1nn(CC(=O)O)c2ccc(F)cc12. The van der Waals surface area contributed by atoms with E-state index in [0.29, 0.717) is 16.6 Å². The maximum Gasteiger partial charge on any atom is 0.325 e. The topological polar surface area (TPSA) is 55.1 Å². The fourth-order valence-corrected chi connectivity index (χ4v) is 1.56. The van der Waals surface area contributed by atoms with Gasteiger partial charge in [-0.25, -0.2) is 4.39 Å². The van der Waals surface area contributed by atoms with Gasteiger partial charge < -0.3 is 5.11 Å². The second kappa shape index (κ2) is 3.34. The Bertz CT molecular complexity index is 533. The second-order valence-electron chi connectivity index (χ2n) is 3.30. The number of aromatic nitrogens is 2. The van der Waals surface area contributed by atoms with Crippen molar-refractivity contribution in [3.8, 4) is 0 Å². The van der Waals surface area contributed by atoms with Crippen molar-refractivity contribution in [3.05, 3.63) is 29.7 Å². The molecule has 0 saturated carbocycles. The van der Waals surface area contributed by atoms with Crippen molar-refractivity contribution in [2.24, 2.45) is 0 Å². The predicted octanol–water partition coefficient (Wildman–Crippen LogP) is 1.57. The van der Waals surface area contributed by atoms with Crippen LogP contribution in [0, 0.1) is 12.7 Å². The highest BCUT2D eigenvalue weighted by molar-refractivity contribution is 5.83. The summed E-state index contributed by atoms with van der Waals surface area (Å²) in [4.78, 5) is 10.6. The van der Waals surface area contributed by atoms with E-state index in [1.165, 1.54) is 22.9 Å². The Labute approximate surface area is 84.9 Å². The summed E-state index contributed by atoms with van der Waals surface area (Å²) < 4.78 is 14.3. The van der Waals surface area contributed by atoms with Gasteiger partial charge in [0.05, 0.1) is 11.2 Å². The molecule has 15 heavy (non-hydrogen) atoms. The lowest BCUT2D eigenvalue weighted by molar-refractivity contribution is -0.137. The smallest absolute Gasteiger partial charge is 0.325 e. The van der Waals surface area contributed by atoms with Gasteiger partial charge in [-0.3, -0.25) is 9.48 Å². The fourth-order valence-electron chi connectivity index (χ4n) is 1.56. The minimum atomic E-state index is -0.969. The number of carboxylic acid groups (broad SMARTS) is 1. The average molecular weight is 208 g/mol. The molecule has 1 aromatic carbocycles. The number of carbonyl (C=O) groups is 1. The third kappa shape index (κ3) is 1.68. The molecule has 0 aliphatic carbocycles. The van der Waals surface area contributed by atoms with E-state index in [1.54, 1.807) is 6.92 Å². The van der Waals surface area contributed by atoms with Gasteiger partial charge in [0.15, 0.2) is 0 Å². The molecule has 1 N–H and O–H groups in total. The molecule has 5 heteroatoms. The largest absolute Gasteiger partial charge is 0.480 e. The van der Waals surface area contributed by atoms with Gasteiger partial charge >= 0.3 is 5.97 Å². The van der Waals surface area contributed by atoms with Crippen LogP contribution in [-0.4, -0.2) is 20.9 Å². The van der Waals surface area contributed by atoms with Crippen LogP contribution >= 0.6 is 0 Å². The highest BCUT2D eigenvalue weighted by atomic mass is 19.1. The van der Waals surface area contributed by atoms with Crippen LogP contribution < -0.4 is 0 Å². The van der Waals surface area contributed by atoms with Crippen molar-refractivity contribution in [2.75, 3.05) is 0 Å². The molecule has 1 aromatic heterocycles. The Kier molecular flexibility index (Phi) is 2.15. The van der Waals surface area contributed by atoms with E-state index in [0.717, 1.165) is 0 Å². The van der Waals surface area contributed by atoms with Crippen LogP contribution in [0.25, 0.3) is 10.9 Å². The van der Waals surface area contributed by atoms with Crippen molar-refractivity contribution in [3.63, 3.8) is 0 Å². The van der Waals surface area contributed by atoms with Gasteiger partial charge in [0.2, 0.25) is 0 Å². The lowest BCUT2D eigenvalue weighted by atomic mass is 10.2. The Morgan fingerprint density at radius 2 is 2.33 bits per heavy atom. The maximum absolute atomic E-state index is 12.9. The second-order valence-corrected chi connectivity index (χ2v) is 3.30. The highest BCUT2D eigenvalue weighted by Gasteiger charge is 2.10. The first kappa shape index (κ1) is 9.64. The lowest BCUT2D eigenvalue weighted by Gasteiger charge is -1.98. The molecule has 0 amide bonds. The fraction of sp³-hybridized carbons (Fsp3) is 0.200. The Hall–Kier alpha value is -1.91. The third-order valence-electron chi connectivity index (χ3n) is 2.18. The summed E-state index contributed by atoms with van der Waals surface area (Å²) in [5.41, 5.74) is 1.27. The molecule has 2 aromatic rings. The first-order valence-electron chi connectivity index (χ1n) is 4.42. The monoisotopic (exact) mass is 208 g/mol. The van der Waals surface area contributed by atoms with Gasteiger partial charge in [0, 0.05) is 5.39 Å². The Morgan fingerprint density at radius 3 is 3.00 bits per heavy atom. The van der Waals surface area contributed by atoms with Crippen molar-refractivity contribution in [1.29, 1.82) is 0 Å². The summed E-state index contributed by atoms with van der Waals surface area (Å²) in [6.45, 7) is 1.51. The van der Waals surface area contributed by atoms with E-state index in [1.807, 2.05) is 0 Å². The van der Waals surface area contributed by atoms with E-state index in [2.05, 4.69) is 5.10 Å². The zero-order chi connectivity index (χ0) is 11.0. The molecule has 4 nitrogen and oxygen atoms in total. The van der Waals surface area contributed by atoms with Crippen LogP contribution in [0.15, 0.2) is 18.2 Å². The molecule has 0 atom stereocenters. The number of hydrogen-bond donors (Lipinski definition) is 1. The summed E-state index contributed by atoms with van der Waals surface area (Å²) >= 11 is 0. The molecule has 0 aliphatic rings. The van der Waals surface area contributed by atoms with E-state index >= 15 is 0 Å². The number of fused-ring (bicyclic) bond motifs is 1. The molecule has 0 spiro atoms. The van der Waals surface area contributed by atoms with Crippen molar-refractivity contribution < 1.29 is 14.3 Å². The Morgan fingerprint density at radius 1 is 1.60 bits per heavy atom. The number of hydrogen-bond acceptors (Lipinski definition) is 2. The van der Waals surface area contributed by atoms with E-state index < -0.39 is 5.97 Å². The standard InChI is InChI=1S/C10H9FN2O2/c1-6-8-4-7(11)2-3-9(8)13(12-6)5-10(14)15/h2-4H,5H2,1H3,(H,14,15). The van der Waals surface area contributed by atoms with E-state index in [9.17, 15) is 9.18 Å². The summed E-state index contributed by atoms with van der Waals surface area (Å²) in [6, 6.07) is 4.19. The lowest BCUT2D eigenvalue weighted by Crippen LogP contribution is -2.09. The molecule has 78 valence electrons. The van der Waals surface area contributed by atoms with Crippen LogP contribution in [0.4, 0.5) is 4.39 Å². The van der Waals surface area contributed by atoms with Crippen molar-refractivity contribution in [1.82, 2.24) is 9.78 Å². The van der Waals surface area contributed by atoms with Gasteiger partial charge in [0.25, 0.3) is 0 Å². The van der Waals surface area contributed by atoms with Gasteiger partial charge in [-0.15, -0.1) is 0 Å². The van der Waals surface area contributed by atoms with E-state index in [4.69, 9.17) is 5.11 Å². The number of rotatable bonds is 2. The van der Waals surface area contributed by atoms with E-state index in [-0.39, 0.29) is 12.4 Å². The maximum atomic E-state index is 12.9. The molecule has 0 bridgehead atoms. The normalized spacial score (nSPS) is 10.8. The highest BCUT2D eigenvalue weighted by Crippen LogP contribution is 2.18. The summed E-state index contributed by atoms with van der Waals surface area (Å²) in [5, 5.41) is 13.3. The number of aliphatic carboxylic acids is 1. The molecule has 0 unspecified atom stereocenters. The first-order valence-corrected chi connectivity index (χ1v) is 4.42. The van der Waals surface area contributed by atoms with Crippen molar-refractivity contribution in [2.45, 2.75) is 13.5 Å². The summed E-state index contributed by atoms with van der Waals surface area (Å²) in [5.74, 6) is -1.32. The number of nitrogens with zero attached hydrogens (tertiary/aromatic N) is 2. The van der Waals surface area contributed by atoms with Crippen LogP contribution in [0.5, 0.6) is 0 Å². The zero-order valence-electron chi connectivity index (χ0n) is 8.07. The van der Waals surface area contributed by atoms with Crippen LogP contribution in [0.1, 0.15) is 5.69 Å². The molecule has 0 fully saturated rings. The predicted molar refractivity (Wildman–Crippen MR) is 52.1 cm³/mol. The summed E-state index contributed by atoms with van der Waals surface area (Å²) in [7, 11) is 0. The minimum absolute atomic E-state index is 0.212.